The zero-order valence-electron chi connectivity index (χ0n) is 22.2. The van der Waals surface area contributed by atoms with Crippen LogP contribution in [0.5, 0.6) is 0 Å². The number of hydrogen-bond donors (Lipinski definition) is 0. The van der Waals surface area contributed by atoms with Gasteiger partial charge in [0.15, 0.2) is 9.42 Å². The Hall–Kier alpha value is -2.35. The second-order valence-corrected chi connectivity index (χ2v) is 17.2. The van der Waals surface area contributed by atoms with Gasteiger partial charge in [-0.25, -0.2) is 9.59 Å². The topological polar surface area (TPSA) is 71.1 Å². The van der Waals surface area contributed by atoms with E-state index in [1.54, 1.807) is 0 Å². The molecule has 0 fully saturated rings. The molecule has 2 aromatic rings. The van der Waals surface area contributed by atoms with Crippen molar-refractivity contribution in [3.05, 3.63) is 57.6 Å². The monoisotopic (exact) mass is 498 g/mol. The lowest BCUT2D eigenvalue weighted by molar-refractivity contribution is -0.0133. The molecule has 4 aliphatic rings. The van der Waals surface area contributed by atoms with Gasteiger partial charge in [-0.3, -0.25) is 8.37 Å². The molecule has 4 heterocycles. The van der Waals surface area contributed by atoms with Crippen LogP contribution in [-0.4, -0.2) is 11.9 Å². The Labute approximate surface area is 206 Å². The Balaban J connectivity index is 1.85. The molecule has 6 rings (SSSR count). The van der Waals surface area contributed by atoms with Crippen LogP contribution in [0.25, 0.3) is 0 Å². The van der Waals surface area contributed by atoms with Crippen LogP contribution in [0.2, 0.25) is 0 Å². The zero-order chi connectivity index (χ0) is 25.8. The molecule has 0 atom stereocenters. The molecule has 0 saturated heterocycles. The van der Waals surface area contributed by atoms with E-state index in [-0.39, 0.29) is 10.8 Å². The van der Waals surface area contributed by atoms with Crippen molar-refractivity contribution in [3.63, 3.8) is 0 Å². The van der Waals surface area contributed by atoms with Crippen LogP contribution >= 0.6 is 9.42 Å². The fraction of sp³-hybridized carbons (Fsp3) is 0.500. The fourth-order valence-corrected chi connectivity index (χ4v) is 13.0. The maximum absolute atomic E-state index is 13.7. The summed E-state index contributed by atoms with van der Waals surface area (Å²) in [5.41, 5.74) is 1.82. The lowest BCUT2D eigenvalue weighted by Gasteiger charge is -2.66. The van der Waals surface area contributed by atoms with Crippen molar-refractivity contribution in [2.45, 2.75) is 101 Å². The lowest BCUT2D eigenvalue weighted by atomic mass is 9.82. The van der Waals surface area contributed by atoms with E-state index in [0.29, 0.717) is 20.9 Å². The third-order valence-corrected chi connectivity index (χ3v) is 13.1. The van der Waals surface area contributed by atoms with Crippen molar-refractivity contribution >= 4 is 21.4 Å². The summed E-state index contributed by atoms with van der Waals surface area (Å²) in [5.74, 6) is -1.18. The van der Waals surface area contributed by atoms with E-state index in [9.17, 15) is 9.59 Å². The number of benzene rings is 2. The number of hydrogen-bond acceptors (Lipinski definition) is 6. The average Bonchev–Trinajstić information content (AvgIpc) is 3.17. The molecule has 7 heteroatoms. The maximum atomic E-state index is 13.7. The van der Waals surface area contributed by atoms with E-state index in [2.05, 4.69) is 53.7 Å². The number of rotatable bonds is 0. The first-order valence-corrected chi connectivity index (χ1v) is 14.3. The summed E-state index contributed by atoms with van der Waals surface area (Å²) in [4.78, 5) is 28.3. The second kappa shape index (κ2) is 5.34. The maximum Gasteiger partial charge on any atom is 0.354 e. The molecule has 0 aromatic heterocycles. The van der Waals surface area contributed by atoms with Gasteiger partial charge in [-0.1, -0.05) is 53.7 Å². The Morgan fingerprint density at radius 2 is 0.971 bits per heavy atom. The standard InChI is InChI=1S/C28H34O6S/c1-25(2,3)15-11-17-21-19(13-15)27(7,8)33-35(21,31-23(17)29)22-18(24(30)32-35)12-16(26(4,5)6)14-20(22)28(9,10)34-35/h11-14H,1-10H3. The van der Waals surface area contributed by atoms with Crippen LogP contribution in [0.15, 0.2) is 34.1 Å². The van der Waals surface area contributed by atoms with Gasteiger partial charge in [-0.15, -0.1) is 0 Å². The summed E-state index contributed by atoms with van der Waals surface area (Å²) < 4.78 is 26.7. The molecule has 1 spiro atoms. The summed E-state index contributed by atoms with van der Waals surface area (Å²) in [6, 6.07) is 7.81. The van der Waals surface area contributed by atoms with Gasteiger partial charge < -0.3 is 8.37 Å². The molecule has 35 heavy (non-hydrogen) atoms. The molecule has 0 radical (unpaired) electrons. The fourth-order valence-electron chi connectivity index (χ4n) is 6.24. The van der Waals surface area contributed by atoms with Crippen LogP contribution < -0.4 is 0 Å². The van der Waals surface area contributed by atoms with Gasteiger partial charge in [-0.05, 0) is 61.8 Å². The quantitative estimate of drug-likeness (QED) is 0.386. The molecule has 0 unspecified atom stereocenters. The first-order valence-electron chi connectivity index (χ1n) is 12.1. The minimum Gasteiger partial charge on any atom is -0.352 e. The summed E-state index contributed by atoms with van der Waals surface area (Å²) in [5, 5.41) is 0. The second-order valence-electron chi connectivity index (χ2n) is 13.4. The number of carbonyl (C=O) groups excluding carboxylic acids is 2. The summed E-state index contributed by atoms with van der Waals surface area (Å²) in [7, 11) is -5.43. The molecule has 6 nitrogen and oxygen atoms in total. The van der Waals surface area contributed by atoms with Crippen LogP contribution in [0.4, 0.5) is 0 Å². The zero-order valence-corrected chi connectivity index (χ0v) is 23.0. The first-order chi connectivity index (χ1) is 15.7. The van der Waals surface area contributed by atoms with Crippen molar-refractivity contribution in [1.29, 1.82) is 0 Å². The van der Waals surface area contributed by atoms with Crippen LogP contribution in [0.3, 0.4) is 0 Å². The third kappa shape index (κ3) is 2.23. The van der Waals surface area contributed by atoms with Crippen LogP contribution in [0, 0.1) is 0 Å². The predicted molar refractivity (Wildman–Crippen MR) is 133 cm³/mol. The molecule has 4 aliphatic heterocycles. The predicted octanol–water partition coefficient (Wildman–Crippen LogP) is 7.11. The van der Waals surface area contributed by atoms with Gasteiger partial charge in [0, 0.05) is 11.1 Å². The Morgan fingerprint density at radius 1 is 0.629 bits per heavy atom. The van der Waals surface area contributed by atoms with Gasteiger partial charge in [0.05, 0.1) is 11.1 Å². The highest BCUT2D eigenvalue weighted by Crippen LogP contribution is 3.12. The molecule has 0 bridgehead atoms. The highest BCUT2D eigenvalue weighted by molar-refractivity contribution is 8.52. The summed E-state index contributed by atoms with van der Waals surface area (Å²) >= 11 is 0. The molecule has 0 saturated carbocycles. The van der Waals surface area contributed by atoms with E-state index in [4.69, 9.17) is 16.7 Å². The van der Waals surface area contributed by atoms with Crippen LogP contribution in [0.1, 0.15) is 112 Å². The van der Waals surface area contributed by atoms with Crippen LogP contribution in [-0.2, 0) is 38.8 Å². The smallest absolute Gasteiger partial charge is 0.352 e. The Bertz CT molecular complexity index is 1340. The van der Waals surface area contributed by atoms with Crippen molar-refractivity contribution in [2.24, 2.45) is 0 Å². The Morgan fingerprint density at radius 3 is 1.29 bits per heavy atom. The third-order valence-electron chi connectivity index (χ3n) is 7.83. The molecule has 0 N–H and O–H groups in total. The number of carbonyl (C=O) groups is 2. The molecule has 0 aliphatic carbocycles. The highest BCUT2D eigenvalue weighted by atomic mass is 32.4. The summed E-state index contributed by atoms with van der Waals surface area (Å²) in [6.45, 7) is 20.2. The van der Waals surface area contributed by atoms with Gasteiger partial charge in [0.2, 0.25) is 0 Å². The van der Waals surface area contributed by atoms with Crippen molar-refractivity contribution < 1.29 is 26.3 Å². The van der Waals surface area contributed by atoms with Crippen molar-refractivity contribution in [3.8, 4) is 0 Å². The highest BCUT2D eigenvalue weighted by Gasteiger charge is 2.89. The molecule has 2 aromatic carbocycles. The van der Waals surface area contributed by atoms with Gasteiger partial charge in [0.25, 0.3) is 0 Å². The van der Waals surface area contributed by atoms with E-state index >= 15 is 0 Å². The molecular formula is C28H34O6S. The van der Waals surface area contributed by atoms with E-state index in [0.717, 1.165) is 22.3 Å². The minimum atomic E-state index is -5.43. The SMILES string of the molecule is CC(C)(C)c1cc2c3c(c1)C(C)(C)OS314(OC2=O)OC(=O)c2cc(C(C)(C)C)cc(c21)C(C)(C)O4. The molecular weight excluding hydrogens is 464 g/mol. The van der Waals surface area contributed by atoms with Gasteiger partial charge in [-0.2, -0.15) is 0 Å². The van der Waals surface area contributed by atoms with Crippen molar-refractivity contribution in [1.82, 2.24) is 0 Å². The van der Waals surface area contributed by atoms with Gasteiger partial charge in [0.1, 0.15) is 21.0 Å². The van der Waals surface area contributed by atoms with E-state index < -0.39 is 32.6 Å². The van der Waals surface area contributed by atoms with Crippen molar-refractivity contribution in [2.75, 3.05) is 0 Å². The summed E-state index contributed by atoms with van der Waals surface area (Å²) in [6.07, 6.45) is 0. The normalized spacial score (nSPS) is 26.8. The lowest BCUT2D eigenvalue weighted by Crippen LogP contribution is -2.41. The largest absolute Gasteiger partial charge is 0.354 e. The first kappa shape index (κ1) is 23.1. The minimum absolute atomic E-state index is 0.225. The molecule has 188 valence electrons. The van der Waals surface area contributed by atoms with E-state index in [1.165, 1.54) is 0 Å². The average molecular weight is 499 g/mol. The van der Waals surface area contributed by atoms with E-state index in [1.807, 2.05) is 39.8 Å². The molecule has 0 amide bonds. The van der Waals surface area contributed by atoms with Gasteiger partial charge >= 0.3 is 11.9 Å². The Kier molecular flexibility index (Phi) is 3.52.